The van der Waals surface area contributed by atoms with Gasteiger partial charge in [-0.3, -0.25) is 9.59 Å². The van der Waals surface area contributed by atoms with Crippen molar-refractivity contribution >= 4 is 11.8 Å². The molecule has 0 spiro atoms. The molecule has 120 valence electrons. The second-order valence-electron chi connectivity index (χ2n) is 5.01. The van der Waals surface area contributed by atoms with Crippen molar-refractivity contribution in [2.24, 2.45) is 0 Å². The van der Waals surface area contributed by atoms with Gasteiger partial charge in [-0.1, -0.05) is 42.5 Å². The van der Waals surface area contributed by atoms with Gasteiger partial charge in [-0.25, -0.2) is 0 Å². The lowest BCUT2D eigenvalue weighted by atomic mass is 10.2. The zero-order chi connectivity index (χ0) is 16.5. The van der Waals surface area contributed by atoms with Crippen LogP contribution in [0.25, 0.3) is 0 Å². The Labute approximate surface area is 135 Å². The minimum absolute atomic E-state index is 0.120. The van der Waals surface area contributed by atoms with Crippen LogP contribution in [0, 0.1) is 0 Å². The molecule has 2 rings (SSSR count). The number of carbonyl (C=O) groups is 2. The van der Waals surface area contributed by atoms with Gasteiger partial charge >= 0.3 is 0 Å². The van der Waals surface area contributed by atoms with Gasteiger partial charge in [-0.2, -0.15) is 0 Å². The molecule has 23 heavy (non-hydrogen) atoms. The average molecular weight is 312 g/mol. The summed E-state index contributed by atoms with van der Waals surface area (Å²) in [5, 5.41) is 5.39. The Morgan fingerprint density at radius 2 is 1.57 bits per heavy atom. The Balaban J connectivity index is 1.93. The number of para-hydroxylation sites is 1. The number of nitrogens with one attached hydrogen (secondary N) is 2. The van der Waals surface area contributed by atoms with Crippen LogP contribution in [0.3, 0.4) is 0 Å². The summed E-state index contributed by atoms with van der Waals surface area (Å²) in [6.07, 6.45) is 0. The minimum atomic E-state index is -0.223. The maximum Gasteiger partial charge on any atom is 0.255 e. The molecule has 0 aliphatic carbocycles. The van der Waals surface area contributed by atoms with Crippen molar-refractivity contribution in [2.75, 3.05) is 13.1 Å². The highest BCUT2D eigenvalue weighted by Crippen LogP contribution is 2.19. The van der Waals surface area contributed by atoms with E-state index in [1.54, 1.807) is 18.2 Å². The Bertz CT molecular complexity index is 656. The summed E-state index contributed by atoms with van der Waals surface area (Å²) in [5.41, 5.74) is 1.51. The maximum atomic E-state index is 12.2. The number of carbonyl (C=O) groups excluding carboxylic acids is 2. The predicted octanol–water partition coefficient (Wildman–Crippen LogP) is 2.13. The lowest BCUT2D eigenvalue weighted by molar-refractivity contribution is -0.118. The molecule has 2 aromatic rings. The molecule has 0 unspecified atom stereocenters. The first-order chi connectivity index (χ1) is 11.2. The van der Waals surface area contributed by atoms with Crippen molar-refractivity contribution in [2.45, 2.75) is 13.5 Å². The molecule has 2 aromatic carbocycles. The van der Waals surface area contributed by atoms with Gasteiger partial charge in [0.25, 0.3) is 5.91 Å². The van der Waals surface area contributed by atoms with Gasteiger partial charge in [-0.15, -0.1) is 0 Å². The number of hydrogen-bond donors (Lipinski definition) is 2. The fraction of sp³-hybridized carbons (Fsp3) is 0.222. The predicted molar refractivity (Wildman–Crippen MR) is 88.2 cm³/mol. The first-order valence-corrected chi connectivity index (χ1v) is 7.45. The van der Waals surface area contributed by atoms with Gasteiger partial charge in [0.2, 0.25) is 5.91 Å². The largest absolute Gasteiger partial charge is 0.488 e. The summed E-state index contributed by atoms with van der Waals surface area (Å²) in [4.78, 5) is 23.0. The van der Waals surface area contributed by atoms with Gasteiger partial charge < -0.3 is 15.4 Å². The summed E-state index contributed by atoms with van der Waals surface area (Å²) < 4.78 is 5.76. The molecule has 2 amide bonds. The van der Waals surface area contributed by atoms with Crippen LogP contribution in [0.15, 0.2) is 54.6 Å². The molecule has 0 heterocycles. The summed E-state index contributed by atoms with van der Waals surface area (Å²) in [6.45, 7) is 2.60. The Kier molecular flexibility index (Phi) is 6.17. The number of amides is 2. The highest BCUT2D eigenvalue weighted by Gasteiger charge is 2.11. The van der Waals surface area contributed by atoms with E-state index in [1.165, 1.54) is 6.92 Å². The third-order valence-corrected chi connectivity index (χ3v) is 3.15. The Morgan fingerprint density at radius 3 is 2.30 bits per heavy atom. The van der Waals surface area contributed by atoms with E-state index in [1.807, 2.05) is 36.4 Å². The molecular formula is C18H20N2O3. The first kappa shape index (κ1) is 16.5. The zero-order valence-corrected chi connectivity index (χ0v) is 13.0. The fourth-order valence-corrected chi connectivity index (χ4v) is 2.03. The van der Waals surface area contributed by atoms with E-state index in [9.17, 15) is 9.59 Å². The molecule has 5 nitrogen and oxygen atoms in total. The van der Waals surface area contributed by atoms with Crippen LogP contribution in [0.1, 0.15) is 22.8 Å². The zero-order valence-electron chi connectivity index (χ0n) is 13.0. The molecular weight excluding hydrogens is 292 g/mol. The third-order valence-electron chi connectivity index (χ3n) is 3.15. The molecule has 2 N–H and O–H groups in total. The van der Waals surface area contributed by atoms with E-state index in [-0.39, 0.29) is 11.8 Å². The van der Waals surface area contributed by atoms with Crippen molar-refractivity contribution in [1.29, 1.82) is 0 Å². The lowest BCUT2D eigenvalue weighted by Gasteiger charge is -2.12. The number of hydrogen-bond acceptors (Lipinski definition) is 3. The van der Waals surface area contributed by atoms with Crippen molar-refractivity contribution in [3.63, 3.8) is 0 Å². The second-order valence-corrected chi connectivity index (χ2v) is 5.01. The first-order valence-electron chi connectivity index (χ1n) is 7.45. The van der Waals surface area contributed by atoms with Crippen LogP contribution in [0.4, 0.5) is 0 Å². The van der Waals surface area contributed by atoms with Crippen LogP contribution in [-0.4, -0.2) is 24.9 Å². The third kappa shape index (κ3) is 5.47. The molecule has 0 aliphatic heterocycles. The normalized spacial score (nSPS) is 9.96. The molecule has 0 aromatic heterocycles. The quantitative estimate of drug-likeness (QED) is 0.770. The van der Waals surface area contributed by atoms with Gasteiger partial charge in [0.05, 0.1) is 5.56 Å². The monoisotopic (exact) mass is 312 g/mol. The summed E-state index contributed by atoms with van der Waals surface area (Å²) >= 11 is 0. The standard InChI is InChI=1S/C18H20N2O3/c1-14(21)19-11-12-20-18(22)16-9-5-6-10-17(16)23-13-15-7-3-2-4-8-15/h2-10H,11-13H2,1H3,(H,19,21)(H,20,22). The molecule has 0 saturated heterocycles. The lowest BCUT2D eigenvalue weighted by Crippen LogP contribution is -2.33. The molecule has 0 bridgehead atoms. The smallest absolute Gasteiger partial charge is 0.255 e. The molecule has 0 saturated carbocycles. The van der Waals surface area contributed by atoms with Crippen molar-refractivity contribution in [1.82, 2.24) is 10.6 Å². The highest BCUT2D eigenvalue weighted by atomic mass is 16.5. The molecule has 0 fully saturated rings. The number of rotatable bonds is 7. The number of benzene rings is 2. The van der Waals surface area contributed by atoms with Crippen LogP contribution in [-0.2, 0) is 11.4 Å². The second kappa shape index (κ2) is 8.58. The molecule has 0 aliphatic rings. The van der Waals surface area contributed by atoms with Crippen molar-refractivity contribution in [3.8, 4) is 5.75 Å². The molecule has 5 heteroatoms. The van der Waals surface area contributed by atoms with Crippen LogP contribution in [0.5, 0.6) is 5.75 Å². The van der Waals surface area contributed by atoms with E-state index in [2.05, 4.69) is 10.6 Å². The van der Waals surface area contributed by atoms with Gasteiger partial charge in [0.1, 0.15) is 12.4 Å². The summed E-state index contributed by atoms with van der Waals surface area (Å²) in [5.74, 6) is 0.193. The molecule has 0 radical (unpaired) electrons. The van der Waals surface area contributed by atoms with E-state index < -0.39 is 0 Å². The van der Waals surface area contributed by atoms with Crippen LogP contribution >= 0.6 is 0 Å². The highest BCUT2D eigenvalue weighted by molar-refractivity contribution is 5.96. The molecule has 0 atom stereocenters. The van der Waals surface area contributed by atoms with E-state index >= 15 is 0 Å². The van der Waals surface area contributed by atoms with Gasteiger partial charge in [-0.05, 0) is 17.7 Å². The van der Waals surface area contributed by atoms with Crippen molar-refractivity contribution < 1.29 is 14.3 Å². The van der Waals surface area contributed by atoms with Crippen molar-refractivity contribution in [3.05, 3.63) is 65.7 Å². The van der Waals surface area contributed by atoms with E-state index in [0.29, 0.717) is 31.0 Å². The van der Waals surface area contributed by atoms with Gasteiger partial charge in [0, 0.05) is 20.0 Å². The van der Waals surface area contributed by atoms with E-state index in [4.69, 9.17) is 4.74 Å². The Hall–Kier alpha value is -2.82. The van der Waals surface area contributed by atoms with E-state index in [0.717, 1.165) is 5.56 Å². The topological polar surface area (TPSA) is 67.4 Å². The van der Waals surface area contributed by atoms with Gasteiger partial charge in [0.15, 0.2) is 0 Å². The number of ether oxygens (including phenoxy) is 1. The maximum absolute atomic E-state index is 12.2. The Morgan fingerprint density at radius 1 is 0.913 bits per heavy atom. The fourth-order valence-electron chi connectivity index (χ4n) is 2.03. The summed E-state index contributed by atoms with van der Waals surface area (Å²) in [7, 11) is 0. The summed E-state index contributed by atoms with van der Waals surface area (Å²) in [6, 6.07) is 16.9. The minimum Gasteiger partial charge on any atom is -0.488 e. The van der Waals surface area contributed by atoms with Crippen LogP contribution < -0.4 is 15.4 Å². The average Bonchev–Trinajstić information content (AvgIpc) is 2.58. The SMILES string of the molecule is CC(=O)NCCNC(=O)c1ccccc1OCc1ccccc1. The van der Waals surface area contributed by atoms with Crippen LogP contribution in [0.2, 0.25) is 0 Å².